The van der Waals surface area contributed by atoms with Crippen LogP contribution in [0.4, 0.5) is 0 Å². The summed E-state index contributed by atoms with van der Waals surface area (Å²) in [6.45, 7) is 0. The lowest BCUT2D eigenvalue weighted by Gasteiger charge is -2.18. The van der Waals surface area contributed by atoms with Gasteiger partial charge in [-0.05, 0) is 67.8 Å². The molecule has 2 amide bonds. The van der Waals surface area contributed by atoms with Crippen LogP contribution in [-0.2, 0) is 4.79 Å². The molecule has 0 aliphatic heterocycles. The van der Waals surface area contributed by atoms with Gasteiger partial charge in [-0.15, -0.1) is 0 Å². The Balaban J connectivity index is 1.67. The molecular formula is C24H17Br2N5O4. The molecule has 0 aliphatic carbocycles. The fourth-order valence-corrected chi connectivity index (χ4v) is 4.53. The van der Waals surface area contributed by atoms with Crippen LogP contribution in [0.3, 0.4) is 0 Å². The van der Waals surface area contributed by atoms with Gasteiger partial charge in [0.05, 0.1) is 20.5 Å². The minimum absolute atomic E-state index is 0.0332. The Bertz CT molecular complexity index is 1480. The summed E-state index contributed by atoms with van der Waals surface area (Å²) in [4.78, 5) is 38.3. The van der Waals surface area contributed by atoms with Crippen molar-refractivity contribution in [1.29, 1.82) is 0 Å². The second kappa shape index (κ2) is 10.6. The molecule has 4 aromatic rings. The van der Waals surface area contributed by atoms with Gasteiger partial charge in [0.2, 0.25) is 0 Å². The molecule has 0 bridgehead atoms. The number of hydrogen-bond donors (Lipinski definition) is 4. The average molecular weight is 599 g/mol. The molecule has 0 saturated heterocycles. The van der Waals surface area contributed by atoms with Gasteiger partial charge in [0, 0.05) is 10.9 Å². The molecule has 4 rings (SSSR count). The number of amides is 2. The Morgan fingerprint density at radius 2 is 1.63 bits per heavy atom. The number of hydrogen-bond acceptors (Lipinski definition) is 6. The largest absolute Gasteiger partial charge is 0.506 e. The average Bonchev–Trinajstić information content (AvgIpc) is 2.87. The number of nitrogens with zero attached hydrogens (tertiary/aromatic N) is 2. The molecule has 0 aliphatic rings. The van der Waals surface area contributed by atoms with E-state index in [9.17, 15) is 19.5 Å². The lowest BCUT2D eigenvalue weighted by atomic mass is 10.0. The van der Waals surface area contributed by atoms with Gasteiger partial charge in [0.15, 0.2) is 6.04 Å². The van der Waals surface area contributed by atoms with Crippen molar-refractivity contribution in [1.82, 2.24) is 20.9 Å². The van der Waals surface area contributed by atoms with E-state index < -0.39 is 23.4 Å². The zero-order chi connectivity index (χ0) is 24.9. The summed E-state index contributed by atoms with van der Waals surface area (Å²) in [5, 5.41) is 23.7. The molecule has 1 atom stereocenters. The number of hydrazone groups is 1. The van der Waals surface area contributed by atoms with E-state index in [2.05, 4.69) is 57.9 Å². The van der Waals surface area contributed by atoms with Crippen molar-refractivity contribution in [3.05, 3.63) is 103 Å². The highest BCUT2D eigenvalue weighted by atomic mass is 79.9. The first-order valence-electron chi connectivity index (χ1n) is 10.2. The lowest BCUT2D eigenvalue weighted by molar-refractivity contribution is -0.123. The summed E-state index contributed by atoms with van der Waals surface area (Å²) in [5.74, 6) is -1.14. The Labute approximate surface area is 215 Å². The van der Waals surface area contributed by atoms with Gasteiger partial charge < -0.3 is 10.4 Å². The summed E-state index contributed by atoms with van der Waals surface area (Å²) in [6, 6.07) is 17.0. The number of benzene rings is 3. The first-order valence-corrected chi connectivity index (χ1v) is 11.8. The van der Waals surface area contributed by atoms with Crippen LogP contribution in [0.5, 0.6) is 5.75 Å². The summed E-state index contributed by atoms with van der Waals surface area (Å²) < 4.78 is 0.883. The quantitative estimate of drug-likeness (QED) is 0.198. The first-order chi connectivity index (χ1) is 16.8. The maximum atomic E-state index is 13.2. The number of aromatic amines is 1. The van der Waals surface area contributed by atoms with Crippen molar-refractivity contribution in [3.63, 3.8) is 0 Å². The van der Waals surface area contributed by atoms with Crippen molar-refractivity contribution in [2.45, 2.75) is 6.04 Å². The zero-order valence-corrected chi connectivity index (χ0v) is 21.0. The van der Waals surface area contributed by atoms with Gasteiger partial charge in [0.1, 0.15) is 11.4 Å². The van der Waals surface area contributed by atoms with Crippen LogP contribution in [0.15, 0.2) is 85.6 Å². The fourth-order valence-electron chi connectivity index (χ4n) is 3.31. The molecule has 35 heavy (non-hydrogen) atoms. The van der Waals surface area contributed by atoms with Crippen LogP contribution in [0.2, 0.25) is 0 Å². The number of nitrogens with one attached hydrogen (secondary N) is 3. The van der Waals surface area contributed by atoms with Crippen LogP contribution in [0.25, 0.3) is 10.8 Å². The molecule has 0 saturated carbocycles. The number of H-pyrrole nitrogens is 1. The normalized spacial score (nSPS) is 11.9. The summed E-state index contributed by atoms with van der Waals surface area (Å²) in [7, 11) is 0. The van der Waals surface area contributed by atoms with Gasteiger partial charge in [0.25, 0.3) is 17.4 Å². The second-order valence-electron chi connectivity index (χ2n) is 7.32. The number of rotatable bonds is 6. The topological polar surface area (TPSA) is 137 Å². The van der Waals surface area contributed by atoms with E-state index in [1.165, 1.54) is 6.21 Å². The highest BCUT2D eigenvalue weighted by Gasteiger charge is 2.27. The van der Waals surface area contributed by atoms with E-state index in [1.807, 2.05) is 0 Å². The molecule has 0 spiro atoms. The van der Waals surface area contributed by atoms with E-state index in [4.69, 9.17) is 0 Å². The van der Waals surface area contributed by atoms with Crippen molar-refractivity contribution in [2.75, 3.05) is 0 Å². The number of carbonyl (C=O) groups is 2. The van der Waals surface area contributed by atoms with Crippen LogP contribution in [-0.4, -0.2) is 33.3 Å². The zero-order valence-electron chi connectivity index (χ0n) is 17.8. The third-order valence-corrected chi connectivity index (χ3v) is 6.21. The van der Waals surface area contributed by atoms with E-state index >= 15 is 0 Å². The monoisotopic (exact) mass is 597 g/mol. The minimum atomic E-state index is -1.26. The highest BCUT2D eigenvalue weighted by molar-refractivity contribution is 9.11. The van der Waals surface area contributed by atoms with Crippen molar-refractivity contribution >= 4 is 60.7 Å². The third kappa shape index (κ3) is 5.47. The molecular weight excluding hydrogens is 582 g/mol. The highest BCUT2D eigenvalue weighted by Crippen LogP contribution is 2.32. The van der Waals surface area contributed by atoms with E-state index in [0.29, 0.717) is 30.8 Å². The number of fused-ring (bicyclic) bond motifs is 1. The summed E-state index contributed by atoms with van der Waals surface area (Å²) >= 11 is 6.47. The van der Waals surface area contributed by atoms with Gasteiger partial charge >= 0.3 is 0 Å². The molecule has 0 radical (unpaired) electrons. The SMILES string of the molecule is O=C(N[C@H](C(=O)N/N=C/c1cc(Br)c(O)c(Br)c1)c1n[nH]c(=O)c2ccccc12)c1ccccc1. The standard InChI is InChI=1S/C24H17Br2N5O4/c25-17-10-13(11-18(26)21(17)32)12-27-30-24(35)20(28-22(33)14-6-2-1-3-7-14)19-15-8-4-5-9-16(15)23(34)31-29-19/h1-12,20,32H,(H,28,33)(H,30,35)(H,31,34)/b27-12+/t20-/m0/s1. The second-order valence-corrected chi connectivity index (χ2v) is 9.03. The number of halogens is 2. The fraction of sp³-hybridized carbons (Fsp3) is 0.0417. The van der Waals surface area contributed by atoms with E-state index in [-0.39, 0.29) is 11.4 Å². The van der Waals surface area contributed by atoms with Gasteiger partial charge in [-0.2, -0.15) is 10.2 Å². The van der Waals surface area contributed by atoms with Crippen LogP contribution in [0, 0.1) is 0 Å². The number of phenolic OH excluding ortho intramolecular Hbond substituents is 1. The number of aromatic nitrogens is 2. The molecule has 9 nitrogen and oxygen atoms in total. The molecule has 4 N–H and O–H groups in total. The smallest absolute Gasteiger partial charge is 0.272 e. The Morgan fingerprint density at radius 3 is 2.31 bits per heavy atom. The van der Waals surface area contributed by atoms with Crippen LogP contribution in [0.1, 0.15) is 27.7 Å². The Hall–Kier alpha value is -3.83. The Morgan fingerprint density at radius 1 is 1.00 bits per heavy atom. The van der Waals surface area contributed by atoms with Crippen molar-refractivity contribution < 1.29 is 14.7 Å². The third-order valence-electron chi connectivity index (χ3n) is 5.00. The predicted octanol–water partition coefficient (Wildman–Crippen LogP) is 3.78. The minimum Gasteiger partial charge on any atom is -0.506 e. The van der Waals surface area contributed by atoms with Crippen molar-refractivity contribution in [3.8, 4) is 5.75 Å². The Kier molecular flexibility index (Phi) is 7.37. The molecule has 1 heterocycles. The molecule has 1 aromatic heterocycles. The molecule has 3 aromatic carbocycles. The summed E-state index contributed by atoms with van der Waals surface area (Å²) in [6.07, 6.45) is 1.38. The summed E-state index contributed by atoms with van der Waals surface area (Å²) in [5.41, 5.74) is 3.08. The number of phenols is 1. The predicted molar refractivity (Wildman–Crippen MR) is 138 cm³/mol. The van der Waals surface area contributed by atoms with Gasteiger partial charge in [-0.25, -0.2) is 10.5 Å². The van der Waals surface area contributed by atoms with Crippen LogP contribution < -0.4 is 16.3 Å². The number of aromatic hydroxyl groups is 1. The lowest BCUT2D eigenvalue weighted by Crippen LogP contribution is -2.40. The van der Waals surface area contributed by atoms with Gasteiger partial charge in [-0.3, -0.25) is 14.4 Å². The van der Waals surface area contributed by atoms with E-state index in [1.54, 1.807) is 66.7 Å². The molecule has 0 unspecified atom stereocenters. The number of carbonyl (C=O) groups excluding carboxylic acids is 2. The van der Waals surface area contributed by atoms with Crippen LogP contribution >= 0.6 is 31.9 Å². The van der Waals surface area contributed by atoms with Crippen molar-refractivity contribution in [2.24, 2.45) is 5.10 Å². The molecule has 176 valence electrons. The van der Waals surface area contributed by atoms with Gasteiger partial charge in [-0.1, -0.05) is 36.4 Å². The molecule has 0 fully saturated rings. The maximum absolute atomic E-state index is 13.2. The first kappa shape index (κ1) is 24.3. The molecule has 11 heteroatoms. The van der Waals surface area contributed by atoms with E-state index in [0.717, 1.165) is 0 Å². The maximum Gasteiger partial charge on any atom is 0.272 e.